The van der Waals surface area contributed by atoms with Crippen molar-refractivity contribution in [2.45, 2.75) is 33.1 Å². The molecule has 16 heavy (non-hydrogen) atoms. The van der Waals surface area contributed by atoms with Gasteiger partial charge >= 0.3 is 0 Å². The molecular formula is C13H16N2O. The molecule has 0 spiro atoms. The second kappa shape index (κ2) is 4.47. The van der Waals surface area contributed by atoms with Crippen LogP contribution >= 0.6 is 0 Å². The van der Waals surface area contributed by atoms with Gasteiger partial charge in [-0.2, -0.15) is 4.98 Å². The maximum absolute atomic E-state index is 5.27. The maximum Gasteiger partial charge on any atom is 0.258 e. The zero-order valence-corrected chi connectivity index (χ0v) is 9.90. The molecule has 2 rings (SSSR count). The minimum atomic E-state index is 0.452. The molecule has 1 heterocycles. The first-order valence-electron chi connectivity index (χ1n) is 5.64. The molecule has 0 unspecified atom stereocenters. The lowest BCUT2D eigenvalue weighted by atomic mass is 9.97. The van der Waals surface area contributed by atoms with Crippen LogP contribution in [-0.2, 0) is 6.42 Å². The van der Waals surface area contributed by atoms with E-state index in [1.54, 1.807) is 0 Å². The van der Waals surface area contributed by atoms with E-state index < -0.39 is 0 Å². The zero-order valence-electron chi connectivity index (χ0n) is 9.90. The van der Waals surface area contributed by atoms with Gasteiger partial charge in [0.15, 0.2) is 5.82 Å². The molecule has 1 aromatic carbocycles. The van der Waals surface area contributed by atoms with E-state index >= 15 is 0 Å². The van der Waals surface area contributed by atoms with Crippen LogP contribution in [0.5, 0.6) is 0 Å². The quantitative estimate of drug-likeness (QED) is 0.789. The SMILES string of the molecule is CCc1noc(-c2ccccc2C(C)C)n1. The van der Waals surface area contributed by atoms with Crippen LogP contribution < -0.4 is 0 Å². The van der Waals surface area contributed by atoms with E-state index in [0.717, 1.165) is 17.8 Å². The fourth-order valence-electron chi connectivity index (χ4n) is 1.70. The summed E-state index contributed by atoms with van der Waals surface area (Å²) in [7, 11) is 0. The van der Waals surface area contributed by atoms with Gasteiger partial charge in [-0.05, 0) is 17.5 Å². The summed E-state index contributed by atoms with van der Waals surface area (Å²) in [5.74, 6) is 1.84. The number of aryl methyl sites for hydroxylation is 1. The third-order valence-electron chi connectivity index (χ3n) is 2.60. The third kappa shape index (κ3) is 1.98. The monoisotopic (exact) mass is 216 g/mol. The van der Waals surface area contributed by atoms with Gasteiger partial charge in [0.25, 0.3) is 5.89 Å². The molecule has 0 radical (unpaired) electrons. The van der Waals surface area contributed by atoms with Crippen LogP contribution in [-0.4, -0.2) is 10.1 Å². The number of rotatable bonds is 3. The van der Waals surface area contributed by atoms with Crippen LogP contribution in [0.15, 0.2) is 28.8 Å². The highest BCUT2D eigenvalue weighted by molar-refractivity contribution is 5.59. The van der Waals surface area contributed by atoms with Gasteiger partial charge in [-0.15, -0.1) is 0 Å². The summed E-state index contributed by atoms with van der Waals surface area (Å²) in [5.41, 5.74) is 2.29. The average molecular weight is 216 g/mol. The second-order valence-corrected chi connectivity index (χ2v) is 4.11. The van der Waals surface area contributed by atoms with Gasteiger partial charge in [0.05, 0.1) is 0 Å². The average Bonchev–Trinajstić information content (AvgIpc) is 2.77. The highest BCUT2D eigenvalue weighted by Crippen LogP contribution is 2.27. The summed E-state index contributed by atoms with van der Waals surface area (Å²) in [6.07, 6.45) is 0.799. The van der Waals surface area contributed by atoms with Crippen LogP contribution in [0.2, 0.25) is 0 Å². The van der Waals surface area contributed by atoms with E-state index in [-0.39, 0.29) is 0 Å². The molecule has 84 valence electrons. The molecule has 1 aromatic heterocycles. The number of hydrogen-bond donors (Lipinski definition) is 0. The Bertz CT molecular complexity index is 474. The van der Waals surface area contributed by atoms with Crippen molar-refractivity contribution < 1.29 is 4.52 Å². The predicted octanol–water partition coefficient (Wildman–Crippen LogP) is 3.42. The first-order valence-corrected chi connectivity index (χ1v) is 5.64. The number of nitrogens with zero attached hydrogens (tertiary/aromatic N) is 2. The molecular weight excluding hydrogens is 200 g/mol. The Hall–Kier alpha value is -1.64. The molecule has 2 aromatic rings. The molecule has 0 atom stereocenters. The van der Waals surface area contributed by atoms with E-state index in [2.05, 4.69) is 30.1 Å². The highest BCUT2D eigenvalue weighted by Gasteiger charge is 2.13. The van der Waals surface area contributed by atoms with E-state index in [1.165, 1.54) is 5.56 Å². The summed E-state index contributed by atoms with van der Waals surface area (Å²) in [6, 6.07) is 8.17. The first kappa shape index (κ1) is 10.9. The molecule has 0 saturated heterocycles. The van der Waals surface area contributed by atoms with Gasteiger partial charge in [-0.1, -0.05) is 44.1 Å². The molecule has 0 bridgehead atoms. The lowest BCUT2D eigenvalue weighted by Gasteiger charge is -2.08. The Kier molecular flexibility index (Phi) is 3.04. The van der Waals surface area contributed by atoms with Crippen LogP contribution in [0, 0.1) is 0 Å². The third-order valence-corrected chi connectivity index (χ3v) is 2.60. The number of hydrogen-bond acceptors (Lipinski definition) is 3. The molecule has 3 nitrogen and oxygen atoms in total. The van der Waals surface area contributed by atoms with Crippen molar-refractivity contribution >= 4 is 0 Å². The number of aromatic nitrogens is 2. The standard InChI is InChI=1S/C13H16N2O/c1-4-12-14-13(16-15-12)11-8-6-5-7-10(11)9(2)3/h5-9H,4H2,1-3H3. The van der Waals surface area contributed by atoms with Crippen molar-refractivity contribution in [1.82, 2.24) is 10.1 Å². The predicted molar refractivity (Wildman–Crippen MR) is 63.2 cm³/mol. The largest absolute Gasteiger partial charge is 0.334 e. The summed E-state index contributed by atoms with van der Waals surface area (Å²) in [5, 5.41) is 3.93. The Labute approximate surface area is 95.5 Å². The molecule has 0 amide bonds. The molecule has 0 fully saturated rings. The smallest absolute Gasteiger partial charge is 0.258 e. The fourth-order valence-corrected chi connectivity index (χ4v) is 1.70. The van der Waals surface area contributed by atoms with E-state index in [0.29, 0.717) is 11.8 Å². The summed E-state index contributed by atoms with van der Waals surface area (Å²) in [4.78, 5) is 4.36. The van der Waals surface area contributed by atoms with Gasteiger partial charge in [-0.25, -0.2) is 0 Å². The Morgan fingerprint density at radius 1 is 1.25 bits per heavy atom. The van der Waals surface area contributed by atoms with Gasteiger partial charge < -0.3 is 4.52 Å². The minimum absolute atomic E-state index is 0.452. The Morgan fingerprint density at radius 3 is 2.62 bits per heavy atom. The Morgan fingerprint density at radius 2 is 2.00 bits per heavy atom. The van der Waals surface area contributed by atoms with Crippen molar-refractivity contribution in [3.8, 4) is 11.5 Å². The van der Waals surface area contributed by atoms with E-state index in [4.69, 9.17) is 4.52 Å². The van der Waals surface area contributed by atoms with Gasteiger partial charge in [0.2, 0.25) is 0 Å². The second-order valence-electron chi connectivity index (χ2n) is 4.11. The van der Waals surface area contributed by atoms with Crippen molar-refractivity contribution in [2.75, 3.05) is 0 Å². The van der Waals surface area contributed by atoms with E-state index in [1.807, 2.05) is 25.1 Å². The van der Waals surface area contributed by atoms with Gasteiger partial charge in [-0.3, -0.25) is 0 Å². The Balaban J connectivity index is 2.46. The molecule has 0 saturated carbocycles. The molecule has 0 aliphatic rings. The molecule has 0 N–H and O–H groups in total. The van der Waals surface area contributed by atoms with Crippen molar-refractivity contribution in [1.29, 1.82) is 0 Å². The van der Waals surface area contributed by atoms with Gasteiger partial charge in [0.1, 0.15) is 0 Å². The summed E-state index contributed by atoms with van der Waals surface area (Å²) < 4.78 is 5.27. The number of benzene rings is 1. The van der Waals surface area contributed by atoms with Crippen LogP contribution in [0.25, 0.3) is 11.5 Å². The lowest BCUT2D eigenvalue weighted by Crippen LogP contribution is -1.92. The van der Waals surface area contributed by atoms with Crippen LogP contribution in [0.4, 0.5) is 0 Å². The first-order chi connectivity index (χ1) is 7.72. The minimum Gasteiger partial charge on any atom is -0.334 e. The lowest BCUT2D eigenvalue weighted by molar-refractivity contribution is 0.423. The van der Waals surface area contributed by atoms with Crippen LogP contribution in [0.1, 0.15) is 38.1 Å². The van der Waals surface area contributed by atoms with Crippen molar-refractivity contribution in [3.63, 3.8) is 0 Å². The zero-order chi connectivity index (χ0) is 11.5. The van der Waals surface area contributed by atoms with Crippen LogP contribution in [0.3, 0.4) is 0 Å². The van der Waals surface area contributed by atoms with Crippen molar-refractivity contribution in [2.24, 2.45) is 0 Å². The fraction of sp³-hybridized carbons (Fsp3) is 0.385. The molecule has 0 aliphatic carbocycles. The van der Waals surface area contributed by atoms with Gasteiger partial charge in [0, 0.05) is 12.0 Å². The van der Waals surface area contributed by atoms with E-state index in [9.17, 15) is 0 Å². The maximum atomic E-state index is 5.27. The summed E-state index contributed by atoms with van der Waals surface area (Å²) in [6.45, 7) is 6.34. The highest BCUT2D eigenvalue weighted by atomic mass is 16.5. The molecule has 0 aliphatic heterocycles. The molecule has 3 heteroatoms. The van der Waals surface area contributed by atoms with Crippen molar-refractivity contribution in [3.05, 3.63) is 35.7 Å². The summed E-state index contributed by atoms with van der Waals surface area (Å²) >= 11 is 0. The topological polar surface area (TPSA) is 38.9 Å². The normalized spacial score (nSPS) is 11.0.